The summed E-state index contributed by atoms with van der Waals surface area (Å²) >= 11 is 0. The quantitative estimate of drug-likeness (QED) is 0.844. The largest absolute Gasteiger partial charge is 0.464 e. The van der Waals surface area contributed by atoms with Crippen molar-refractivity contribution in [2.24, 2.45) is 7.05 Å². The highest BCUT2D eigenvalue weighted by Gasteiger charge is 2.17. The molecule has 0 bridgehead atoms. The van der Waals surface area contributed by atoms with Crippen molar-refractivity contribution in [3.8, 4) is 0 Å². The number of anilines is 1. The van der Waals surface area contributed by atoms with Crippen LogP contribution in [0.2, 0.25) is 0 Å². The smallest absolute Gasteiger partial charge is 0.354 e. The number of nitrogens with zero attached hydrogens (tertiary/aromatic N) is 1. The molecule has 1 amide bonds. The maximum atomic E-state index is 12.4. The van der Waals surface area contributed by atoms with Crippen LogP contribution in [0.5, 0.6) is 0 Å². The summed E-state index contributed by atoms with van der Waals surface area (Å²) in [5.74, 6) is -0.777. The van der Waals surface area contributed by atoms with E-state index in [0.29, 0.717) is 23.7 Å². The Morgan fingerprint density at radius 3 is 2.20 bits per heavy atom. The van der Waals surface area contributed by atoms with E-state index in [1.807, 2.05) is 45.0 Å². The lowest BCUT2D eigenvalue weighted by atomic mass is 10.1. The van der Waals surface area contributed by atoms with Crippen molar-refractivity contribution in [1.82, 2.24) is 4.57 Å². The number of benzene rings is 1. The summed E-state index contributed by atoms with van der Waals surface area (Å²) in [6.45, 7) is 6.52. The number of carbonyl (C=O) groups is 2. The number of hydrogen-bond acceptors (Lipinski definition) is 4. The number of nitrogens with one attached hydrogen (secondary N) is 1. The topological polar surface area (TPSA) is 69.6 Å². The Hall–Kier alpha value is -2.60. The van der Waals surface area contributed by atoms with Gasteiger partial charge in [0.05, 0.1) is 19.3 Å². The first-order valence-electron chi connectivity index (χ1n) is 7.99. The SMILES string of the molecule is COC(=O)c1ccc(C(=O)Nc2ccc(COC(C)(C)C)cc2)n1C. The van der Waals surface area contributed by atoms with Gasteiger partial charge in [0.15, 0.2) is 0 Å². The van der Waals surface area contributed by atoms with Crippen LogP contribution in [0.25, 0.3) is 0 Å². The second kappa shape index (κ2) is 7.53. The van der Waals surface area contributed by atoms with Gasteiger partial charge in [0.25, 0.3) is 5.91 Å². The minimum atomic E-state index is -0.482. The molecule has 134 valence electrons. The van der Waals surface area contributed by atoms with E-state index >= 15 is 0 Å². The highest BCUT2D eigenvalue weighted by molar-refractivity contribution is 6.04. The summed E-state index contributed by atoms with van der Waals surface area (Å²) in [6, 6.07) is 10.6. The monoisotopic (exact) mass is 344 g/mol. The zero-order chi connectivity index (χ0) is 18.6. The number of aromatic nitrogens is 1. The molecule has 1 heterocycles. The van der Waals surface area contributed by atoms with Crippen LogP contribution < -0.4 is 5.32 Å². The van der Waals surface area contributed by atoms with E-state index in [1.54, 1.807) is 19.2 Å². The molecule has 0 aliphatic heterocycles. The molecule has 6 nitrogen and oxygen atoms in total. The van der Waals surface area contributed by atoms with Crippen molar-refractivity contribution in [1.29, 1.82) is 0 Å². The van der Waals surface area contributed by atoms with Gasteiger partial charge in [-0.25, -0.2) is 4.79 Å². The van der Waals surface area contributed by atoms with Gasteiger partial charge in [-0.2, -0.15) is 0 Å². The predicted molar refractivity (Wildman–Crippen MR) is 95.7 cm³/mol. The average Bonchev–Trinajstić information content (AvgIpc) is 2.94. The number of methoxy groups -OCH3 is 1. The summed E-state index contributed by atoms with van der Waals surface area (Å²) < 4.78 is 11.9. The van der Waals surface area contributed by atoms with Gasteiger partial charge in [-0.15, -0.1) is 0 Å². The maximum absolute atomic E-state index is 12.4. The molecule has 0 saturated carbocycles. The van der Waals surface area contributed by atoms with Crippen molar-refractivity contribution in [2.75, 3.05) is 12.4 Å². The van der Waals surface area contributed by atoms with E-state index in [1.165, 1.54) is 11.7 Å². The molecule has 0 radical (unpaired) electrons. The van der Waals surface area contributed by atoms with E-state index in [4.69, 9.17) is 4.74 Å². The Bertz CT molecular complexity index is 755. The van der Waals surface area contributed by atoms with Crippen molar-refractivity contribution >= 4 is 17.6 Å². The van der Waals surface area contributed by atoms with Crippen LogP contribution in [-0.4, -0.2) is 29.2 Å². The molecule has 0 atom stereocenters. The van der Waals surface area contributed by atoms with Gasteiger partial charge in [-0.05, 0) is 50.6 Å². The third kappa shape index (κ3) is 4.93. The molecule has 1 aromatic heterocycles. The van der Waals surface area contributed by atoms with Crippen LogP contribution in [0, 0.1) is 0 Å². The Morgan fingerprint density at radius 2 is 1.64 bits per heavy atom. The molecule has 0 aliphatic carbocycles. The first-order chi connectivity index (χ1) is 11.7. The Balaban J connectivity index is 2.04. The van der Waals surface area contributed by atoms with Crippen molar-refractivity contribution < 1.29 is 19.1 Å². The lowest BCUT2D eigenvalue weighted by Gasteiger charge is -2.19. The van der Waals surface area contributed by atoms with E-state index in [9.17, 15) is 9.59 Å². The molecule has 0 fully saturated rings. The van der Waals surface area contributed by atoms with Crippen LogP contribution in [-0.2, 0) is 23.1 Å². The van der Waals surface area contributed by atoms with Gasteiger partial charge in [0.2, 0.25) is 0 Å². The molecule has 1 N–H and O–H groups in total. The fourth-order valence-corrected chi connectivity index (χ4v) is 2.23. The van der Waals surface area contributed by atoms with Crippen LogP contribution in [0.15, 0.2) is 36.4 Å². The second-order valence-electron chi connectivity index (χ2n) is 6.71. The zero-order valence-corrected chi connectivity index (χ0v) is 15.3. The minimum Gasteiger partial charge on any atom is -0.464 e. The molecule has 0 spiro atoms. The van der Waals surface area contributed by atoms with Crippen molar-refractivity contribution in [3.05, 3.63) is 53.3 Å². The number of esters is 1. The molecule has 2 rings (SSSR count). The number of amides is 1. The van der Waals surface area contributed by atoms with Crippen molar-refractivity contribution in [2.45, 2.75) is 33.0 Å². The van der Waals surface area contributed by atoms with Crippen molar-refractivity contribution in [3.63, 3.8) is 0 Å². The molecule has 0 aliphatic rings. The summed E-state index contributed by atoms with van der Waals surface area (Å²) in [5, 5.41) is 2.82. The fourth-order valence-electron chi connectivity index (χ4n) is 2.23. The number of hydrogen-bond donors (Lipinski definition) is 1. The van der Waals surface area contributed by atoms with E-state index in [-0.39, 0.29) is 11.5 Å². The Morgan fingerprint density at radius 1 is 1.04 bits per heavy atom. The van der Waals surface area contributed by atoms with Gasteiger partial charge >= 0.3 is 5.97 Å². The van der Waals surface area contributed by atoms with Gasteiger partial charge < -0.3 is 19.4 Å². The summed E-state index contributed by atoms with van der Waals surface area (Å²) in [4.78, 5) is 24.0. The maximum Gasteiger partial charge on any atom is 0.354 e. The van der Waals surface area contributed by atoms with Gasteiger partial charge in [0, 0.05) is 12.7 Å². The molecule has 1 aromatic carbocycles. The standard InChI is InChI=1S/C19H24N2O4/c1-19(2,3)25-12-13-6-8-14(9-7-13)20-17(22)15-10-11-16(21(15)4)18(23)24-5/h6-11H,12H2,1-5H3,(H,20,22). The highest BCUT2D eigenvalue weighted by Crippen LogP contribution is 2.16. The molecule has 0 saturated heterocycles. The number of ether oxygens (including phenoxy) is 2. The number of carbonyl (C=O) groups excluding carboxylic acids is 2. The van der Waals surface area contributed by atoms with E-state index < -0.39 is 5.97 Å². The summed E-state index contributed by atoms with van der Waals surface area (Å²) in [7, 11) is 2.95. The molecule has 6 heteroatoms. The molecule has 0 unspecified atom stereocenters. The summed E-state index contributed by atoms with van der Waals surface area (Å²) in [5.41, 5.74) is 2.20. The lowest BCUT2D eigenvalue weighted by molar-refractivity contribution is -0.0149. The van der Waals surface area contributed by atoms with Gasteiger partial charge in [-0.3, -0.25) is 4.79 Å². The van der Waals surface area contributed by atoms with E-state index in [2.05, 4.69) is 10.1 Å². The summed E-state index contributed by atoms with van der Waals surface area (Å²) in [6.07, 6.45) is 0. The lowest BCUT2D eigenvalue weighted by Crippen LogP contribution is -2.19. The third-order valence-electron chi connectivity index (χ3n) is 3.63. The molecule has 25 heavy (non-hydrogen) atoms. The predicted octanol–water partition coefficient (Wildman–Crippen LogP) is 3.38. The normalized spacial score (nSPS) is 11.2. The molecular weight excluding hydrogens is 320 g/mol. The second-order valence-corrected chi connectivity index (χ2v) is 6.71. The highest BCUT2D eigenvalue weighted by atomic mass is 16.5. The van der Waals surface area contributed by atoms with Crippen LogP contribution in [0.4, 0.5) is 5.69 Å². The first-order valence-corrected chi connectivity index (χ1v) is 7.99. The van der Waals surface area contributed by atoms with Gasteiger partial charge in [-0.1, -0.05) is 12.1 Å². The Labute approximate surface area is 147 Å². The van der Waals surface area contributed by atoms with Crippen LogP contribution in [0.1, 0.15) is 47.3 Å². The first kappa shape index (κ1) is 18.7. The van der Waals surface area contributed by atoms with Crippen LogP contribution >= 0.6 is 0 Å². The van der Waals surface area contributed by atoms with Crippen LogP contribution in [0.3, 0.4) is 0 Å². The van der Waals surface area contributed by atoms with Gasteiger partial charge in [0.1, 0.15) is 11.4 Å². The minimum absolute atomic E-state index is 0.198. The van der Waals surface area contributed by atoms with E-state index in [0.717, 1.165) is 5.56 Å². The molecule has 2 aromatic rings. The molecular formula is C19H24N2O4. The zero-order valence-electron chi connectivity index (χ0n) is 15.3. The average molecular weight is 344 g/mol. The number of rotatable bonds is 5. The fraction of sp³-hybridized carbons (Fsp3) is 0.368. The third-order valence-corrected chi connectivity index (χ3v) is 3.63. The Kier molecular flexibility index (Phi) is 5.64.